The zero-order chi connectivity index (χ0) is 17.4. The van der Waals surface area contributed by atoms with Gasteiger partial charge in [-0.1, -0.05) is 30.3 Å². The number of aromatic nitrogens is 2. The van der Waals surface area contributed by atoms with Crippen LogP contribution < -0.4 is 5.32 Å². The van der Waals surface area contributed by atoms with Crippen LogP contribution >= 0.6 is 0 Å². The van der Waals surface area contributed by atoms with Crippen LogP contribution in [0.5, 0.6) is 0 Å². The van der Waals surface area contributed by atoms with E-state index >= 15 is 0 Å². The van der Waals surface area contributed by atoms with Crippen LogP contribution in [0.4, 0.5) is 14.6 Å². The molecule has 1 fully saturated rings. The molecule has 0 saturated heterocycles. The van der Waals surface area contributed by atoms with E-state index in [1.807, 2.05) is 0 Å². The van der Waals surface area contributed by atoms with E-state index in [-0.39, 0.29) is 11.7 Å². The van der Waals surface area contributed by atoms with Gasteiger partial charge in [0.05, 0.1) is 5.41 Å². The van der Waals surface area contributed by atoms with E-state index in [9.17, 15) is 13.6 Å². The number of nitrogens with one attached hydrogen (secondary N) is 1. The lowest BCUT2D eigenvalue weighted by atomic mass is 9.94. The number of rotatable bonds is 4. The van der Waals surface area contributed by atoms with Crippen molar-refractivity contribution in [3.63, 3.8) is 0 Å². The average Bonchev–Trinajstić information content (AvgIpc) is 3.29. The highest BCUT2D eigenvalue weighted by molar-refractivity contribution is 6.00. The van der Waals surface area contributed by atoms with Gasteiger partial charge in [-0.2, -0.15) is 0 Å². The van der Waals surface area contributed by atoms with Crippen molar-refractivity contribution >= 4 is 11.7 Å². The first-order chi connectivity index (χ1) is 12.1. The maximum Gasteiger partial charge on any atom is 0.236 e. The molecule has 1 amide bonds. The second-order valence-corrected chi connectivity index (χ2v) is 6.11. The third-order valence-electron chi connectivity index (χ3n) is 4.50. The standard InChI is InChI=1S/C19H15F2N3O/c20-14-6-2-1-5-13(14)19(10-11-19)18(25)22-17-9-12-24(23-17)16-8-4-3-7-15(16)21/h1-9,12H,10-11H2,(H,22,23,25). The van der Waals surface area contributed by atoms with Crippen LogP contribution in [-0.2, 0) is 10.2 Å². The fourth-order valence-electron chi connectivity index (χ4n) is 2.99. The molecule has 4 nitrogen and oxygen atoms in total. The maximum atomic E-state index is 14.1. The third kappa shape index (κ3) is 2.69. The number of hydrogen-bond acceptors (Lipinski definition) is 2. The molecular formula is C19H15F2N3O. The van der Waals surface area contributed by atoms with Crippen molar-refractivity contribution in [2.75, 3.05) is 5.32 Å². The van der Waals surface area contributed by atoms with E-state index in [4.69, 9.17) is 0 Å². The van der Waals surface area contributed by atoms with E-state index in [0.29, 0.717) is 29.9 Å². The van der Waals surface area contributed by atoms with Crippen LogP contribution in [0, 0.1) is 11.6 Å². The number of nitrogens with zero attached hydrogens (tertiary/aromatic N) is 2. The van der Waals surface area contributed by atoms with Gasteiger partial charge in [0.15, 0.2) is 5.82 Å². The summed E-state index contributed by atoms with van der Waals surface area (Å²) in [6.45, 7) is 0. The monoisotopic (exact) mass is 339 g/mol. The smallest absolute Gasteiger partial charge is 0.236 e. The van der Waals surface area contributed by atoms with Gasteiger partial charge in [-0.05, 0) is 31.0 Å². The fraction of sp³-hybridized carbons (Fsp3) is 0.158. The van der Waals surface area contributed by atoms with E-state index in [1.165, 1.54) is 16.8 Å². The number of carbonyl (C=O) groups excluding carboxylic acids is 1. The minimum Gasteiger partial charge on any atom is -0.308 e. The molecule has 0 unspecified atom stereocenters. The highest BCUT2D eigenvalue weighted by Gasteiger charge is 2.52. The highest BCUT2D eigenvalue weighted by atomic mass is 19.1. The van der Waals surface area contributed by atoms with E-state index in [1.54, 1.807) is 48.7 Å². The number of benzene rings is 2. The van der Waals surface area contributed by atoms with Gasteiger partial charge in [0, 0.05) is 17.8 Å². The highest BCUT2D eigenvalue weighted by Crippen LogP contribution is 2.49. The first-order valence-corrected chi connectivity index (χ1v) is 7.97. The lowest BCUT2D eigenvalue weighted by molar-refractivity contribution is -0.118. The van der Waals surface area contributed by atoms with E-state index in [2.05, 4.69) is 10.4 Å². The number of halogens is 2. The molecule has 4 rings (SSSR count). The molecule has 0 aliphatic heterocycles. The second kappa shape index (κ2) is 5.81. The van der Waals surface area contributed by atoms with Gasteiger partial charge in [-0.25, -0.2) is 13.5 Å². The number of hydrogen-bond donors (Lipinski definition) is 1. The van der Waals surface area contributed by atoms with Crippen molar-refractivity contribution in [1.29, 1.82) is 0 Å². The summed E-state index contributed by atoms with van der Waals surface area (Å²) >= 11 is 0. The van der Waals surface area contributed by atoms with Crippen molar-refractivity contribution in [2.24, 2.45) is 0 Å². The van der Waals surface area contributed by atoms with Crippen LogP contribution in [0.15, 0.2) is 60.8 Å². The van der Waals surface area contributed by atoms with Gasteiger partial charge >= 0.3 is 0 Å². The predicted molar refractivity (Wildman–Crippen MR) is 89.5 cm³/mol. The summed E-state index contributed by atoms with van der Waals surface area (Å²) in [6, 6.07) is 14.1. The quantitative estimate of drug-likeness (QED) is 0.785. The molecule has 1 aliphatic rings. The molecular weight excluding hydrogens is 324 g/mol. The molecule has 1 aromatic heterocycles. The first-order valence-electron chi connectivity index (χ1n) is 7.97. The van der Waals surface area contributed by atoms with Gasteiger partial charge in [-0.3, -0.25) is 4.79 Å². The topological polar surface area (TPSA) is 46.9 Å². The number of anilines is 1. The molecule has 1 aliphatic carbocycles. The van der Waals surface area contributed by atoms with E-state index in [0.717, 1.165) is 0 Å². The van der Waals surface area contributed by atoms with Crippen LogP contribution in [-0.4, -0.2) is 15.7 Å². The Morgan fingerprint density at radius 3 is 2.36 bits per heavy atom. The maximum absolute atomic E-state index is 14.1. The average molecular weight is 339 g/mol. The molecule has 1 heterocycles. The van der Waals surface area contributed by atoms with Crippen molar-refractivity contribution in [3.8, 4) is 5.69 Å². The SMILES string of the molecule is O=C(Nc1ccn(-c2ccccc2F)n1)C1(c2ccccc2F)CC1. The molecule has 0 bridgehead atoms. The van der Waals surface area contributed by atoms with Crippen LogP contribution in [0.1, 0.15) is 18.4 Å². The fourth-order valence-corrected chi connectivity index (χ4v) is 2.99. The van der Waals surface area contributed by atoms with Gasteiger partial charge in [0.2, 0.25) is 5.91 Å². The van der Waals surface area contributed by atoms with Crippen molar-refractivity contribution in [2.45, 2.75) is 18.3 Å². The number of carbonyl (C=O) groups is 1. The predicted octanol–water partition coefficient (Wildman–Crippen LogP) is 3.82. The Bertz CT molecular complexity index is 947. The zero-order valence-corrected chi connectivity index (χ0v) is 13.2. The molecule has 0 radical (unpaired) electrons. The molecule has 3 aromatic rings. The zero-order valence-electron chi connectivity index (χ0n) is 13.2. The summed E-state index contributed by atoms with van der Waals surface area (Å²) in [5, 5.41) is 6.91. The largest absolute Gasteiger partial charge is 0.308 e. The summed E-state index contributed by atoms with van der Waals surface area (Å²) in [5.74, 6) is -0.784. The Kier molecular flexibility index (Phi) is 3.60. The normalized spacial score (nSPS) is 15.0. The summed E-state index contributed by atoms with van der Waals surface area (Å²) in [4.78, 5) is 12.7. The number of amides is 1. The van der Waals surface area contributed by atoms with Gasteiger partial charge < -0.3 is 5.32 Å². The Labute approximate surface area is 143 Å². The third-order valence-corrected chi connectivity index (χ3v) is 4.50. The Balaban J connectivity index is 1.57. The molecule has 2 aromatic carbocycles. The lowest BCUT2D eigenvalue weighted by Gasteiger charge is -2.15. The summed E-state index contributed by atoms with van der Waals surface area (Å²) in [7, 11) is 0. The van der Waals surface area contributed by atoms with Gasteiger partial charge in [-0.15, -0.1) is 5.10 Å². The molecule has 25 heavy (non-hydrogen) atoms. The van der Waals surface area contributed by atoms with Crippen molar-refractivity contribution in [3.05, 3.63) is 78.0 Å². The minimum atomic E-state index is -0.840. The molecule has 1 N–H and O–H groups in total. The molecule has 0 spiro atoms. The van der Waals surface area contributed by atoms with Gasteiger partial charge in [0.25, 0.3) is 0 Å². The first kappa shape index (κ1) is 15.5. The summed E-state index contributed by atoms with van der Waals surface area (Å²) in [6.07, 6.45) is 2.75. The minimum absolute atomic E-state index is 0.290. The van der Waals surface area contributed by atoms with Crippen molar-refractivity contribution in [1.82, 2.24) is 9.78 Å². The Morgan fingerprint density at radius 2 is 1.68 bits per heavy atom. The van der Waals surface area contributed by atoms with Crippen molar-refractivity contribution < 1.29 is 13.6 Å². The van der Waals surface area contributed by atoms with Crippen LogP contribution in [0.25, 0.3) is 5.69 Å². The number of para-hydroxylation sites is 1. The molecule has 1 saturated carbocycles. The van der Waals surface area contributed by atoms with Crippen LogP contribution in [0.2, 0.25) is 0 Å². The Hall–Kier alpha value is -3.02. The molecule has 6 heteroatoms. The molecule has 0 atom stereocenters. The lowest BCUT2D eigenvalue weighted by Crippen LogP contribution is -2.29. The Morgan fingerprint density at radius 1 is 1.00 bits per heavy atom. The summed E-state index contributed by atoms with van der Waals surface area (Å²) < 4.78 is 29.2. The summed E-state index contributed by atoms with van der Waals surface area (Å²) in [5.41, 5.74) is -0.146. The van der Waals surface area contributed by atoms with Gasteiger partial charge in [0.1, 0.15) is 17.3 Å². The van der Waals surface area contributed by atoms with Crippen LogP contribution in [0.3, 0.4) is 0 Å². The van der Waals surface area contributed by atoms with E-state index < -0.39 is 11.2 Å². The second-order valence-electron chi connectivity index (χ2n) is 6.11. The molecule has 126 valence electrons.